The number of nitrogens with zero attached hydrogens (tertiary/aromatic N) is 2. The topological polar surface area (TPSA) is 49.9 Å². The van der Waals surface area contributed by atoms with Crippen molar-refractivity contribution in [3.8, 4) is 0 Å². The predicted molar refractivity (Wildman–Crippen MR) is 82.4 cm³/mol. The van der Waals surface area contributed by atoms with Crippen LogP contribution < -0.4 is 0 Å². The Labute approximate surface area is 134 Å². The minimum Gasteiger partial charge on any atom is -0.376 e. The highest BCUT2D eigenvalue weighted by Crippen LogP contribution is 2.23. The minimum absolute atomic E-state index is 0.0990. The van der Waals surface area contributed by atoms with Crippen molar-refractivity contribution in [1.29, 1.82) is 0 Å². The third-order valence-corrected chi connectivity index (χ3v) is 4.44. The largest absolute Gasteiger partial charge is 0.376 e. The van der Waals surface area contributed by atoms with Crippen LogP contribution in [0.4, 0.5) is 0 Å². The van der Waals surface area contributed by atoms with E-state index in [-0.39, 0.29) is 30.4 Å². The highest BCUT2D eigenvalue weighted by molar-refractivity contribution is 6.30. The highest BCUT2D eigenvalue weighted by Gasteiger charge is 2.42. The standard InChI is InChI=1S/C16H19ClN2O3/c1-11-9-18(6-7-22-11)14-8-15(20)19(16(14)21)10-12-2-4-13(17)5-3-12/h2-5,11,14H,6-10H2,1H3/t11-,14+/m1/s1. The Morgan fingerprint density at radius 2 is 2.00 bits per heavy atom. The SMILES string of the molecule is C[C@@H]1CN([C@H]2CC(=O)N(Cc3ccc(Cl)cc3)C2=O)CCO1. The molecule has 2 aliphatic heterocycles. The van der Waals surface area contributed by atoms with Crippen LogP contribution in [0.3, 0.4) is 0 Å². The number of carbonyl (C=O) groups is 2. The van der Waals surface area contributed by atoms with Gasteiger partial charge in [-0.05, 0) is 24.6 Å². The molecule has 1 aromatic rings. The molecule has 22 heavy (non-hydrogen) atoms. The summed E-state index contributed by atoms with van der Waals surface area (Å²) in [5, 5.41) is 0.642. The maximum absolute atomic E-state index is 12.6. The third-order valence-electron chi connectivity index (χ3n) is 4.19. The molecule has 3 rings (SSSR count). The molecule has 118 valence electrons. The summed E-state index contributed by atoms with van der Waals surface area (Å²) in [5.74, 6) is -0.210. The first-order valence-electron chi connectivity index (χ1n) is 7.49. The lowest BCUT2D eigenvalue weighted by Gasteiger charge is -2.34. The van der Waals surface area contributed by atoms with E-state index in [0.29, 0.717) is 31.3 Å². The Hall–Kier alpha value is -1.43. The van der Waals surface area contributed by atoms with E-state index in [1.165, 1.54) is 4.90 Å². The van der Waals surface area contributed by atoms with Crippen LogP contribution in [0.2, 0.25) is 5.02 Å². The van der Waals surface area contributed by atoms with Gasteiger partial charge in [0.25, 0.3) is 0 Å². The van der Waals surface area contributed by atoms with Gasteiger partial charge in [-0.15, -0.1) is 0 Å². The van der Waals surface area contributed by atoms with E-state index in [4.69, 9.17) is 16.3 Å². The van der Waals surface area contributed by atoms with Crippen LogP contribution >= 0.6 is 11.6 Å². The number of rotatable bonds is 3. The first-order valence-corrected chi connectivity index (χ1v) is 7.86. The van der Waals surface area contributed by atoms with Gasteiger partial charge in [0, 0.05) is 18.1 Å². The summed E-state index contributed by atoms with van der Waals surface area (Å²) in [6, 6.07) is 6.87. The number of morpholine rings is 1. The number of ether oxygens (including phenoxy) is 1. The average molecular weight is 323 g/mol. The first kappa shape index (κ1) is 15.5. The van der Waals surface area contributed by atoms with E-state index in [1.54, 1.807) is 12.1 Å². The molecule has 2 saturated heterocycles. The molecule has 2 amide bonds. The third kappa shape index (κ3) is 3.16. The van der Waals surface area contributed by atoms with Gasteiger partial charge in [0.15, 0.2) is 0 Å². The number of halogens is 1. The van der Waals surface area contributed by atoms with Crippen molar-refractivity contribution >= 4 is 23.4 Å². The van der Waals surface area contributed by atoms with Gasteiger partial charge in [-0.2, -0.15) is 0 Å². The van der Waals surface area contributed by atoms with Gasteiger partial charge in [0.1, 0.15) is 0 Å². The molecule has 0 spiro atoms. The van der Waals surface area contributed by atoms with Crippen molar-refractivity contribution in [2.45, 2.75) is 32.0 Å². The summed E-state index contributed by atoms with van der Waals surface area (Å²) in [7, 11) is 0. The molecule has 2 atom stereocenters. The molecule has 0 unspecified atom stereocenters. The zero-order valence-electron chi connectivity index (χ0n) is 12.5. The van der Waals surface area contributed by atoms with Crippen molar-refractivity contribution in [3.05, 3.63) is 34.9 Å². The fraction of sp³-hybridized carbons (Fsp3) is 0.500. The molecule has 2 fully saturated rings. The molecule has 0 aromatic heterocycles. The number of hydrogen-bond acceptors (Lipinski definition) is 4. The summed E-state index contributed by atoms with van der Waals surface area (Å²) in [6.45, 7) is 4.29. The zero-order valence-corrected chi connectivity index (χ0v) is 13.3. The van der Waals surface area contributed by atoms with Crippen molar-refractivity contribution in [2.75, 3.05) is 19.7 Å². The Balaban J connectivity index is 1.69. The molecule has 2 aliphatic rings. The second kappa shape index (κ2) is 6.36. The molecule has 0 N–H and O–H groups in total. The maximum Gasteiger partial charge on any atom is 0.247 e. The van der Waals surface area contributed by atoms with Gasteiger partial charge < -0.3 is 4.74 Å². The van der Waals surface area contributed by atoms with Crippen LogP contribution in [0.5, 0.6) is 0 Å². The summed E-state index contributed by atoms with van der Waals surface area (Å²) in [6.07, 6.45) is 0.362. The number of benzene rings is 1. The second-order valence-corrected chi connectivity index (χ2v) is 6.28. The Morgan fingerprint density at radius 1 is 1.27 bits per heavy atom. The van der Waals surface area contributed by atoms with Gasteiger partial charge in [-0.25, -0.2) is 0 Å². The van der Waals surface area contributed by atoms with Crippen LogP contribution in [-0.2, 0) is 20.9 Å². The van der Waals surface area contributed by atoms with Gasteiger partial charge in [0.05, 0.1) is 31.7 Å². The molecule has 0 aliphatic carbocycles. The lowest BCUT2D eigenvalue weighted by molar-refractivity contribution is -0.141. The minimum atomic E-state index is -0.342. The smallest absolute Gasteiger partial charge is 0.247 e. The van der Waals surface area contributed by atoms with Crippen LogP contribution in [0.15, 0.2) is 24.3 Å². The molecule has 5 nitrogen and oxygen atoms in total. The van der Waals surface area contributed by atoms with Gasteiger partial charge in [0.2, 0.25) is 11.8 Å². The lowest BCUT2D eigenvalue weighted by atomic mass is 10.1. The fourth-order valence-electron chi connectivity index (χ4n) is 3.02. The van der Waals surface area contributed by atoms with E-state index in [9.17, 15) is 9.59 Å². The summed E-state index contributed by atoms with van der Waals surface area (Å²) in [4.78, 5) is 28.2. The fourth-order valence-corrected chi connectivity index (χ4v) is 3.14. The number of hydrogen-bond donors (Lipinski definition) is 0. The molecule has 0 bridgehead atoms. The highest BCUT2D eigenvalue weighted by atomic mass is 35.5. The lowest BCUT2D eigenvalue weighted by Crippen LogP contribution is -2.49. The molecular weight excluding hydrogens is 304 g/mol. The number of amides is 2. The van der Waals surface area contributed by atoms with Crippen molar-refractivity contribution in [2.24, 2.45) is 0 Å². The number of imide groups is 1. The molecular formula is C16H19ClN2O3. The number of likely N-dealkylation sites (tertiary alicyclic amines) is 1. The quantitative estimate of drug-likeness (QED) is 0.795. The van der Waals surface area contributed by atoms with Crippen LogP contribution in [0.25, 0.3) is 0 Å². The number of carbonyl (C=O) groups excluding carboxylic acids is 2. The van der Waals surface area contributed by atoms with E-state index < -0.39 is 0 Å². The van der Waals surface area contributed by atoms with E-state index in [0.717, 1.165) is 5.56 Å². The van der Waals surface area contributed by atoms with Gasteiger partial charge >= 0.3 is 0 Å². The predicted octanol–water partition coefficient (Wildman–Crippen LogP) is 1.69. The zero-order chi connectivity index (χ0) is 15.7. The normalized spacial score (nSPS) is 26.7. The first-order chi connectivity index (χ1) is 10.5. The monoisotopic (exact) mass is 322 g/mol. The van der Waals surface area contributed by atoms with Crippen molar-refractivity contribution in [3.63, 3.8) is 0 Å². The Bertz CT molecular complexity index is 575. The molecule has 0 radical (unpaired) electrons. The summed E-state index contributed by atoms with van der Waals surface area (Å²) < 4.78 is 5.50. The van der Waals surface area contributed by atoms with Crippen molar-refractivity contribution in [1.82, 2.24) is 9.80 Å². The molecule has 2 heterocycles. The second-order valence-electron chi connectivity index (χ2n) is 5.84. The van der Waals surface area contributed by atoms with E-state index >= 15 is 0 Å². The average Bonchev–Trinajstić information content (AvgIpc) is 2.77. The van der Waals surface area contributed by atoms with E-state index in [2.05, 4.69) is 4.90 Å². The van der Waals surface area contributed by atoms with Gasteiger partial charge in [-0.1, -0.05) is 23.7 Å². The van der Waals surface area contributed by atoms with Crippen LogP contribution in [-0.4, -0.2) is 53.5 Å². The Morgan fingerprint density at radius 3 is 2.68 bits per heavy atom. The molecule has 1 aromatic carbocycles. The van der Waals surface area contributed by atoms with Crippen molar-refractivity contribution < 1.29 is 14.3 Å². The summed E-state index contributed by atoms with van der Waals surface area (Å²) in [5.41, 5.74) is 0.905. The Kier molecular flexibility index (Phi) is 4.47. The maximum atomic E-state index is 12.6. The van der Waals surface area contributed by atoms with Gasteiger partial charge in [-0.3, -0.25) is 19.4 Å². The van der Waals surface area contributed by atoms with Crippen LogP contribution in [0.1, 0.15) is 18.9 Å². The molecule has 6 heteroatoms. The van der Waals surface area contributed by atoms with E-state index in [1.807, 2.05) is 19.1 Å². The molecule has 0 saturated carbocycles. The summed E-state index contributed by atoms with van der Waals surface area (Å²) >= 11 is 5.86. The van der Waals surface area contributed by atoms with Crippen LogP contribution in [0, 0.1) is 0 Å².